The molecular weight excluding hydrogens is 362 g/mol. The average Bonchev–Trinajstić information content (AvgIpc) is 3.20. The molecule has 2 saturated heterocycles. The molecule has 152 valence electrons. The largest absolute Gasteiger partial charge is 0.385 e. The van der Waals surface area contributed by atoms with Gasteiger partial charge in [-0.2, -0.15) is 5.10 Å². The number of fused-ring (bicyclic) bond motifs is 1. The third-order valence-electron chi connectivity index (χ3n) is 6.49. The van der Waals surface area contributed by atoms with Gasteiger partial charge in [0, 0.05) is 31.6 Å². The Labute approximate surface area is 171 Å². The summed E-state index contributed by atoms with van der Waals surface area (Å²) in [5, 5.41) is 17.0. The van der Waals surface area contributed by atoms with Crippen LogP contribution in [0.5, 0.6) is 0 Å². The normalized spacial score (nSPS) is 22.7. The molecule has 1 N–H and O–H groups in total. The van der Waals surface area contributed by atoms with E-state index in [2.05, 4.69) is 58.5 Å². The van der Waals surface area contributed by atoms with Gasteiger partial charge in [0.15, 0.2) is 6.23 Å². The van der Waals surface area contributed by atoms with Crippen LogP contribution < -0.4 is 0 Å². The maximum atomic E-state index is 11.4. The van der Waals surface area contributed by atoms with Gasteiger partial charge in [-0.1, -0.05) is 36.4 Å². The number of ether oxygens (including phenoxy) is 1. The first-order valence-electron chi connectivity index (χ1n) is 10.8. The number of aromatic nitrogens is 2. The fourth-order valence-corrected chi connectivity index (χ4v) is 4.70. The van der Waals surface area contributed by atoms with Crippen LogP contribution in [0, 0.1) is 0 Å². The highest BCUT2D eigenvalue weighted by molar-refractivity contribution is 5.79. The van der Waals surface area contributed by atoms with E-state index < -0.39 is 5.60 Å². The van der Waals surface area contributed by atoms with Crippen LogP contribution in [0.4, 0.5) is 0 Å². The zero-order valence-corrected chi connectivity index (χ0v) is 16.8. The SMILES string of the molecule is OC1(c2ccc3c(cnn3C3CCCCO3)c2)CCN(Cc2ccccc2)CC1. The van der Waals surface area contributed by atoms with E-state index in [1.54, 1.807) is 0 Å². The predicted octanol–water partition coefficient (Wildman–Crippen LogP) is 4.22. The van der Waals surface area contributed by atoms with Gasteiger partial charge in [-0.25, -0.2) is 4.68 Å². The molecule has 5 nitrogen and oxygen atoms in total. The van der Waals surface area contributed by atoms with E-state index >= 15 is 0 Å². The fraction of sp³-hybridized carbons (Fsp3) is 0.458. The van der Waals surface area contributed by atoms with Crippen molar-refractivity contribution in [2.24, 2.45) is 0 Å². The topological polar surface area (TPSA) is 50.5 Å². The number of hydrogen-bond donors (Lipinski definition) is 1. The first-order chi connectivity index (χ1) is 14.2. The molecule has 5 rings (SSSR count). The summed E-state index contributed by atoms with van der Waals surface area (Å²) in [5.74, 6) is 0. The third-order valence-corrected chi connectivity index (χ3v) is 6.49. The Balaban J connectivity index is 1.30. The van der Waals surface area contributed by atoms with E-state index in [9.17, 15) is 5.11 Å². The molecule has 3 aromatic rings. The summed E-state index contributed by atoms with van der Waals surface area (Å²) >= 11 is 0. The molecule has 2 aliphatic heterocycles. The maximum absolute atomic E-state index is 11.4. The number of rotatable bonds is 4. The summed E-state index contributed by atoms with van der Waals surface area (Å²) in [6, 6.07) is 16.9. The van der Waals surface area contributed by atoms with Crippen molar-refractivity contribution in [1.29, 1.82) is 0 Å². The van der Waals surface area contributed by atoms with Gasteiger partial charge in [-0.05, 0) is 55.4 Å². The molecule has 2 aromatic carbocycles. The molecule has 1 aromatic heterocycles. The number of hydrogen-bond acceptors (Lipinski definition) is 4. The molecule has 2 fully saturated rings. The van der Waals surface area contributed by atoms with Crippen molar-refractivity contribution in [2.75, 3.05) is 19.7 Å². The van der Waals surface area contributed by atoms with Crippen LogP contribution in [0.1, 0.15) is 49.5 Å². The van der Waals surface area contributed by atoms with Gasteiger partial charge in [-0.15, -0.1) is 0 Å². The smallest absolute Gasteiger partial charge is 0.150 e. The Morgan fingerprint density at radius 3 is 2.66 bits per heavy atom. The minimum atomic E-state index is -0.759. The molecule has 2 aliphatic rings. The van der Waals surface area contributed by atoms with Crippen molar-refractivity contribution in [3.05, 3.63) is 65.9 Å². The molecule has 5 heteroatoms. The summed E-state index contributed by atoms with van der Waals surface area (Å²) in [6.45, 7) is 3.56. The Kier molecular flexibility index (Phi) is 5.12. The average molecular weight is 392 g/mol. The first kappa shape index (κ1) is 18.8. The Bertz CT molecular complexity index is 955. The number of benzene rings is 2. The van der Waals surface area contributed by atoms with Gasteiger partial charge in [-0.3, -0.25) is 4.90 Å². The number of piperidine rings is 1. The number of aliphatic hydroxyl groups is 1. The van der Waals surface area contributed by atoms with E-state index in [1.165, 1.54) is 12.0 Å². The summed E-state index contributed by atoms with van der Waals surface area (Å²) < 4.78 is 7.91. The second kappa shape index (κ2) is 7.90. The molecule has 0 bridgehead atoms. The molecule has 0 spiro atoms. The monoisotopic (exact) mass is 391 g/mol. The second-order valence-electron chi connectivity index (χ2n) is 8.48. The lowest BCUT2D eigenvalue weighted by molar-refractivity contribution is -0.0367. The highest BCUT2D eigenvalue weighted by Crippen LogP contribution is 2.35. The zero-order chi connectivity index (χ0) is 19.7. The van der Waals surface area contributed by atoms with Crippen LogP contribution in [0.3, 0.4) is 0 Å². The van der Waals surface area contributed by atoms with E-state index in [0.29, 0.717) is 0 Å². The summed E-state index contributed by atoms with van der Waals surface area (Å²) in [7, 11) is 0. The predicted molar refractivity (Wildman–Crippen MR) is 113 cm³/mol. The standard InChI is InChI=1S/C24H29N3O2/c28-24(11-13-26(14-12-24)18-19-6-2-1-3-7-19)21-9-10-22-20(16-21)17-25-27(22)23-8-4-5-15-29-23/h1-3,6-7,9-10,16-17,23,28H,4-5,8,11-15,18H2. The molecule has 1 unspecified atom stereocenters. The van der Waals surface area contributed by atoms with Crippen LogP contribution in [0.15, 0.2) is 54.7 Å². The van der Waals surface area contributed by atoms with Gasteiger partial charge in [0.1, 0.15) is 0 Å². The summed E-state index contributed by atoms with van der Waals surface area (Å²) in [5.41, 5.74) is 2.67. The van der Waals surface area contributed by atoms with Crippen molar-refractivity contribution in [1.82, 2.24) is 14.7 Å². The van der Waals surface area contributed by atoms with Gasteiger partial charge in [0.25, 0.3) is 0 Å². The van der Waals surface area contributed by atoms with Crippen LogP contribution in [-0.2, 0) is 16.9 Å². The molecule has 0 saturated carbocycles. The van der Waals surface area contributed by atoms with E-state index in [-0.39, 0.29) is 6.23 Å². The van der Waals surface area contributed by atoms with Crippen LogP contribution in [-0.4, -0.2) is 39.5 Å². The van der Waals surface area contributed by atoms with Crippen LogP contribution in [0.2, 0.25) is 0 Å². The van der Waals surface area contributed by atoms with E-state index in [1.807, 2.05) is 10.9 Å². The highest BCUT2D eigenvalue weighted by atomic mass is 16.5. The Hall–Kier alpha value is -2.21. The van der Waals surface area contributed by atoms with Crippen molar-refractivity contribution in [3.8, 4) is 0 Å². The second-order valence-corrected chi connectivity index (χ2v) is 8.48. The van der Waals surface area contributed by atoms with E-state index in [0.717, 1.165) is 68.4 Å². The highest BCUT2D eigenvalue weighted by Gasteiger charge is 2.34. The summed E-state index contributed by atoms with van der Waals surface area (Å²) in [6.07, 6.45) is 6.79. The minimum Gasteiger partial charge on any atom is -0.385 e. The first-order valence-corrected chi connectivity index (χ1v) is 10.8. The lowest BCUT2D eigenvalue weighted by Gasteiger charge is -2.38. The maximum Gasteiger partial charge on any atom is 0.150 e. The van der Waals surface area contributed by atoms with Gasteiger partial charge in [0.05, 0.1) is 17.3 Å². The summed E-state index contributed by atoms with van der Waals surface area (Å²) in [4.78, 5) is 2.43. The molecule has 3 heterocycles. The van der Waals surface area contributed by atoms with Gasteiger partial charge >= 0.3 is 0 Å². The fourth-order valence-electron chi connectivity index (χ4n) is 4.70. The van der Waals surface area contributed by atoms with Crippen LogP contribution in [0.25, 0.3) is 10.9 Å². The quantitative estimate of drug-likeness (QED) is 0.724. The number of likely N-dealkylation sites (tertiary alicyclic amines) is 1. The minimum absolute atomic E-state index is 0.0383. The molecule has 1 atom stereocenters. The Morgan fingerprint density at radius 1 is 1.07 bits per heavy atom. The van der Waals surface area contributed by atoms with Crippen molar-refractivity contribution < 1.29 is 9.84 Å². The van der Waals surface area contributed by atoms with Crippen molar-refractivity contribution in [3.63, 3.8) is 0 Å². The van der Waals surface area contributed by atoms with Crippen molar-refractivity contribution >= 4 is 10.9 Å². The lowest BCUT2D eigenvalue weighted by Crippen LogP contribution is -2.42. The van der Waals surface area contributed by atoms with E-state index in [4.69, 9.17) is 4.74 Å². The van der Waals surface area contributed by atoms with Gasteiger partial charge in [0.2, 0.25) is 0 Å². The van der Waals surface area contributed by atoms with Crippen LogP contribution >= 0.6 is 0 Å². The molecule has 0 aliphatic carbocycles. The molecule has 0 radical (unpaired) electrons. The molecule has 29 heavy (non-hydrogen) atoms. The molecular formula is C24H29N3O2. The lowest BCUT2D eigenvalue weighted by atomic mass is 9.84. The Morgan fingerprint density at radius 2 is 1.90 bits per heavy atom. The van der Waals surface area contributed by atoms with Gasteiger partial charge < -0.3 is 9.84 Å². The number of nitrogens with zero attached hydrogens (tertiary/aromatic N) is 3. The van der Waals surface area contributed by atoms with Crippen molar-refractivity contribution in [2.45, 2.75) is 50.5 Å². The molecule has 0 amide bonds. The third kappa shape index (κ3) is 3.82. The zero-order valence-electron chi connectivity index (χ0n) is 16.8.